The third-order valence-electron chi connectivity index (χ3n) is 3.52. The standard InChI is InChI=1S/C15H21F2N3O/c16-14(17)21-13-7-3-2-6-12(13)8-9-19-15(18)20-10-4-1-5-11-20/h2-3,6-7,14H,1,4-5,8-11H2,(H2,18,19). The number of nitrogens with two attached hydrogens (primary N) is 1. The molecule has 0 amide bonds. The largest absolute Gasteiger partial charge is 0.435 e. The van der Waals surface area contributed by atoms with Gasteiger partial charge in [-0.15, -0.1) is 0 Å². The van der Waals surface area contributed by atoms with Gasteiger partial charge in [0.1, 0.15) is 5.75 Å². The molecule has 2 rings (SSSR count). The van der Waals surface area contributed by atoms with Crippen molar-refractivity contribution in [2.45, 2.75) is 32.3 Å². The molecule has 1 aromatic rings. The van der Waals surface area contributed by atoms with Gasteiger partial charge in [-0.3, -0.25) is 4.99 Å². The molecule has 1 fully saturated rings. The number of para-hydroxylation sites is 1. The Morgan fingerprint density at radius 3 is 2.67 bits per heavy atom. The van der Waals surface area contributed by atoms with Crippen molar-refractivity contribution in [3.05, 3.63) is 29.8 Å². The van der Waals surface area contributed by atoms with Crippen molar-refractivity contribution in [3.8, 4) is 5.75 Å². The summed E-state index contributed by atoms with van der Waals surface area (Å²) in [7, 11) is 0. The van der Waals surface area contributed by atoms with Crippen molar-refractivity contribution < 1.29 is 13.5 Å². The van der Waals surface area contributed by atoms with E-state index in [0.717, 1.165) is 25.9 Å². The normalized spacial score (nSPS) is 16.3. The van der Waals surface area contributed by atoms with Gasteiger partial charge in [0.25, 0.3) is 0 Å². The Kier molecular flexibility index (Phi) is 5.78. The van der Waals surface area contributed by atoms with Crippen LogP contribution in [0.15, 0.2) is 29.3 Å². The van der Waals surface area contributed by atoms with Crippen LogP contribution in [0.4, 0.5) is 8.78 Å². The van der Waals surface area contributed by atoms with Crippen LogP contribution >= 0.6 is 0 Å². The van der Waals surface area contributed by atoms with E-state index < -0.39 is 6.61 Å². The van der Waals surface area contributed by atoms with Crippen LogP contribution in [0.1, 0.15) is 24.8 Å². The zero-order valence-electron chi connectivity index (χ0n) is 12.0. The molecule has 0 aromatic heterocycles. The van der Waals surface area contributed by atoms with E-state index in [2.05, 4.69) is 14.6 Å². The molecule has 0 unspecified atom stereocenters. The molecule has 0 aliphatic carbocycles. The number of alkyl halides is 2. The zero-order chi connectivity index (χ0) is 15.1. The highest BCUT2D eigenvalue weighted by Crippen LogP contribution is 2.20. The summed E-state index contributed by atoms with van der Waals surface area (Å²) in [5.74, 6) is 0.751. The number of rotatable bonds is 5. The van der Waals surface area contributed by atoms with Crippen LogP contribution in [0.25, 0.3) is 0 Å². The maximum absolute atomic E-state index is 12.3. The molecule has 0 bridgehead atoms. The van der Waals surface area contributed by atoms with Crippen molar-refractivity contribution in [3.63, 3.8) is 0 Å². The van der Waals surface area contributed by atoms with Crippen molar-refractivity contribution >= 4 is 5.96 Å². The number of hydrogen-bond donors (Lipinski definition) is 1. The zero-order valence-corrected chi connectivity index (χ0v) is 12.0. The molecule has 21 heavy (non-hydrogen) atoms. The van der Waals surface area contributed by atoms with Crippen LogP contribution < -0.4 is 10.5 Å². The van der Waals surface area contributed by atoms with E-state index in [1.807, 2.05) is 0 Å². The average molecular weight is 297 g/mol. The molecule has 6 heteroatoms. The maximum atomic E-state index is 12.3. The molecule has 0 atom stereocenters. The van der Waals surface area contributed by atoms with Gasteiger partial charge in [0.2, 0.25) is 0 Å². The van der Waals surface area contributed by atoms with E-state index >= 15 is 0 Å². The topological polar surface area (TPSA) is 50.9 Å². The lowest BCUT2D eigenvalue weighted by Gasteiger charge is -2.27. The summed E-state index contributed by atoms with van der Waals surface area (Å²) >= 11 is 0. The van der Waals surface area contributed by atoms with Crippen LogP contribution in [0.5, 0.6) is 5.75 Å². The van der Waals surface area contributed by atoms with Gasteiger partial charge < -0.3 is 15.4 Å². The number of hydrogen-bond acceptors (Lipinski definition) is 2. The second-order valence-electron chi connectivity index (χ2n) is 5.02. The van der Waals surface area contributed by atoms with Crippen LogP contribution in [-0.4, -0.2) is 37.1 Å². The predicted octanol–water partition coefficient (Wildman–Crippen LogP) is 2.63. The Morgan fingerprint density at radius 2 is 1.95 bits per heavy atom. The molecule has 1 heterocycles. The second-order valence-corrected chi connectivity index (χ2v) is 5.02. The molecule has 1 aliphatic heterocycles. The van der Waals surface area contributed by atoms with Crippen molar-refractivity contribution in [1.29, 1.82) is 0 Å². The molecule has 116 valence electrons. The molecule has 2 N–H and O–H groups in total. The van der Waals surface area contributed by atoms with E-state index in [1.165, 1.54) is 6.42 Å². The summed E-state index contributed by atoms with van der Waals surface area (Å²) in [6.07, 6.45) is 4.04. The summed E-state index contributed by atoms with van der Waals surface area (Å²) in [6, 6.07) is 6.78. The van der Waals surface area contributed by atoms with E-state index in [0.29, 0.717) is 24.5 Å². The third-order valence-corrected chi connectivity index (χ3v) is 3.52. The molecule has 1 aromatic carbocycles. The van der Waals surface area contributed by atoms with Crippen LogP contribution in [0.2, 0.25) is 0 Å². The Balaban J connectivity index is 1.90. The van der Waals surface area contributed by atoms with E-state index in [9.17, 15) is 8.78 Å². The lowest BCUT2D eigenvalue weighted by atomic mass is 10.1. The minimum Gasteiger partial charge on any atom is -0.435 e. The lowest BCUT2D eigenvalue weighted by molar-refractivity contribution is -0.0504. The molecule has 1 saturated heterocycles. The van der Waals surface area contributed by atoms with Gasteiger partial charge in [-0.2, -0.15) is 8.78 Å². The van der Waals surface area contributed by atoms with Crippen molar-refractivity contribution in [2.24, 2.45) is 10.7 Å². The fraction of sp³-hybridized carbons (Fsp3) is 0.533. The molecule has 0 radical (unpaired) electrons. The second kappa shape index (κ2) is 7.81. The number of piperidine rings is 1. The SMILES string of the molecule is NC(=NCCc1ccccc1OC(F)F)N1CCCCC1. The van der Waals surface area contributed by atoms with Crippen LogP contribution in [0, 0.1) is 0 Å². The highest BCUT2D eigenvalue weighted by Gasteiger charge is 2.12. The van der Waals surface area contributed by atoms with E-state index in [1.54, 1.807) is 24.3 Å². The van der Waals surface area contributed by atoms with Gasteiger partial charge in [0, 0.05) is 19.6 Å². The van der Waals surface area contributed by atoms with E-state index in [4.69, 9.17) is 5.73 Å². The predicted molar refractivity (Wildman–Crippen MR) is 78.7 cm³/mol. The smallest absolute Gasteiger partial charge is 0.387 e. The van der Waals surface area contributed by atoms with Crippen molar-refractivity contribution in [2.75, 3.05) is 19.6 Å². The van der Waals surface area contributed by atoms with Crippen LogP contribution in [-0.2, 0) is 6.42 Å². The summed E-state index contributed by atoms with van der Waals surface area (Å²) in [4.78, 5) is 6.42. The molecular formula is C15H21F2N3O. The summed E-state index contributed by atoms with van der Waals surface area (Å²) in [5, 5.41) is 0. The Labute approximate surface area is 123 Å². The first-order valence-corrected chi connectivity index (χ1v) is 7.24. The van der Waals surface area contributed by atoms with Gasteiger partial charge in [-0.05, 0) is 37.3 Å². The Hall–Kier alpha value is -1.85. The van der Waals surface area contributed by atoms with Gasteiger partial charge in [-0.25, -0.2) is 0 Å². The number of benzene rings is 1. The van der Waals surface area contributed by atoms with Gasteiger partial charge in [0.15, 0.2) is 5.96 Å². The Bertz CT molecular complexity index is 474. The van der Waals surface area contributed by atoms with Crippen molar-refractivity contribution in [1.82, 2.24) is 4.90 Å². The maximum Gasteiger partial charge on any atom is 0.387 e. The summed E-state index contributed by atoms with van der Waals surface area (Å²) in [5.41, 5.74) is 6.67. The highest BCUT2D eigenvalue weighted by atomic mass is 19.3. The highest BCUT2D eigenvalue weighted by molar-refractivity contribution is 5.78. The first-order chi connectivity index (χ1) is 10.2. The van der Waals surface area contributed by atoms with Gasteiger partial charge in [-0.1, -0.05) is 18.2 Å². The number of aliphatic imine (C=N–C) groups is 1. The quantitative estimate of drug-likeness (QED) is 0.671. The number of likely N-dealkylation sites (tertiary alicyclic amines) is 1. The number of halogens is 2. The molecule has 0 spiro atoms. The Morgan fingerprint density at radius 1 is 1.24 bits per heavy atom. The third kappa shape index (κ3) is 4.88. The molecular weight excluding hydrogens is 276 g/mol. The molecule has 1 aliphatic rings. The average Bonchev–Trinajstić information content (AvgIpc) is 2.49. The fourth-order valence-corrected chi connectivity index (χ4v) is 2.44. The summed E-state index contributed by atoms with van der Waals surface area (Å²) < 4.78 is 29.1. The molecule has 0 saturated carbocycles. The fourth-order valence-electron chi connectivity index (χ4n) is 2.44. The monoisotopic (exact) mass is 297 g/mol. The first kappa shape index (κ1) is 15.5. The van der Waals surface area contributed by atoms with E-state index in [-0.39, 0.29) is 5.75 Å². The first-order valence-electron chi connectivity index (χ1n) is 7.24. The van der Waals surface area contributed by atoms with Gasteiger partial charge in [0.05, 0.1) is 0 Å². The summed E-state index contributed by atoms with van der Waals surface area (Å²) in [6.45, 7) is -0.458. The molecule has 4 nitrogen and oxygen atoms in total. The lowest BCUT2D eigenvalue weighted by Crippen LogP contribution is -2.41. The minimum absolute atomic E-state index is 0.208. The van der Waals surface area contributed by atoms with Crippen LogP contribution in [0.3, 0.4) is 0 Å². The number of nitrogens with zero attached hydrogens (tertiary/aromatic N) is 2. The number of guanidine groups is 1. The minimum atomic E-state index is -2.81. The van der Waals surface area contributed by atoms with Gasteiger partial charge >= 0.3 is 6.61 Å². The number of ether oxygens (including phenoxy) is 1.